The fraction of sp³-hybridized carbons (Fsp3) is 0.235. The van der Waals surface area contributed by atoms with Gasteiger partial charge in [0.1, 0.15) is 0 Å². The highest BCUT2D eigenvalue weighted by Crippen LogP contribution is 2.23. The van der Waals surface area contributed by atoms with Crippen molar-refractivity contribution in [1.29, 1.82) is 0 Å². The summed E-state index contributed by atoms with van der Waals surface area (Å²) >= 11 is 8.29. The average molecular weight is 414 g/mol. The molecule has 0 aromatic heterocycles. The van der Waals surface area contributed by atoms with Crippen LogP contribution in [-0.4, -0.2) is 12.5 Å². The predicted octanol–water partition coefficient (Wildman–Crippen LogP) is 5.39. The molecule has 0 saturated heterocycles. The number of rotatable bonds is 5. The molecule has 0 N–H and O–H groups in total. The van der Waals surface area contributed by atoms with E-state index in [1.807, 2.05) is 47.4 Å². The first-order valence-corrected chi connectivity index (χ1v) is 8.41. The van der Waals surface area contributed by atoms with Gasteiger partial charge in [-0.1, -0.05) is 43.1 Å². The fourth-order valence-electron chi connectivity index (χ4n) is 2.06. The molecule has 4 heteroatoms. The van der Waals surface area contributed by atoms with Crippen LogP contribution in [0.2, 0.25) is 5.02 Å². The van der Waals surface area contributed by atoms with E-state index in [9.17, 15) is 4.79 Å². The zero-order valence-electron chi connectivity index (χ0n) is 11.9. The third-order valence-electron chi connectivity index (χ3n) is 3.21. The number of halogens is 2. The number of nitrogens with zero attached hydrogens (tertiary/aromatic N) is 1. The summed E-state index contributed by atoms with van der Waals surface area (Å²) in [5, 5.41) is 0.616. The summed E-state index contributed by atoms with van der Waals surface area (Å²) in [5.74, 6) is -0.00653. The molecule has 0 fully saturated rings. The first-order valence-electron chi connectivity index (χ1n) is 6.95. The van der Waals surface area contributed by atoms with Crippen molar-refractivity contribution in [2.24, 2.45) is 0 Å². The van der Waals surface area contributed by atoms with Gasteiger partial charge in [-0.15, -0.1) is 0 Å². The number of unbranched alkanes of at least 4 members (excludes halogenated alkanes) is 1. The van der Waals surface area contributed by atoms with Crippen LogP contribution in [0.25, 0.3) is 0 Å². The van der Waals surface area contributed by atoms with E-state index in [-0.39, 0.29) is 5.91 Å². The molecule has 2 rings (SSSR count). The van der Waals surface area contributed by atoms with Crippen LogP contribution in [0.5, 0.6) is 0 Å². The Balaban J connectivity index is 2.31. The van der Waals surface area contributed by atoms with Crippen molar-refractivity contribution in [3.05, 3.63) is 62.7 Å². The Bertz CT molecular complexity index is 615. The molecule has 0 aliphatic carbocycles. The molecule has 0 atom stereocenters. The van der Waals surface area contributed by atoms with Crippen molar-refractivity contribution in [2.45, 2.75) is 19.8 Å². The van der Waals surface area contributed by atoms with Crippen LogP contribution in [0, 0.1) is 3.57 Å². The summed E-state index contributed by atoms with van der Waals surface area (Å²) in [7, 11) is 0. The van der Waals surface area contributed by atoms with Crippen LogP contribution >= 0.6 is 34.2 Å². The summed E-state index contributed by atoms with van der Waals surface area (Å²) in [6.45, 7) is 2.83. The van der Waals surface area contributed by atoms with Gasteiger partial charge in [0.2, 0.25) is 0 Å². The zero-order valence-corrected chi connectivity index (χ0v) is 14.8. The van der Waals surface area contributed by atoms with Gasteiger partial charge in [0.15, 0.2) is 0 Å². The Morgan fingerprint density at radius 3 is 2.52 bits per heavy atom. The number of anilines is 1. The van der Waals surface area contributed by atoms with E-state index in [4.69, 9.17) is 11.6 Å². The molecule has 0 radical (unpaired) electrons. The SMILES string of the molecule is CCCCN(C(=O)c1ccc(I)c(Cl)c1)c1ccccc1. The van der Waals surface area contributed by atoms with E-state index in [1.165, 1.54) is 0 Å². The maximum atomic E-state index is 12.8. The molecule has 0 aliphatic heterocycles. The zero-order chi connectivity index (χ0) is 15.2. The molecule has 21 heavy (non-hydrogen) atoms. The highest BCUT2D eigenvalue weighted by Gasteiger charge is 2.17. The molecule has 0 bridgehead atoms. The normalized spacial score (nSPS) is 10.4. The molecule has 0 heterocycles. The van der Waals surface area contributed by atoms with Gasteiger partial charge in [-0.25, -0.2) is 0 Å². The second-order valence-corrected chi connectivity index (χ2v) is 6.34. The summed E-state index contributed by atoms with van der Waals surface area (Å²) in [4.78, 5) is 14.6. The molecule has 0 spiro atoms. The predicted molar refractivity (Wildman–Crippen MR) is 97.2 cm³/mol. The van der Waals surface area contributed by atoms with E-state index in [0.29, 0.717) is 17.1 Å². The summed E-state index contributed by atoms with van der Waals surface area (Å²) in [5.41, 5.74) is 1.55. The second-order valence-electron chi connectivity index (χ2n) is 4.77. The smallest absolute Gasteiger partial charge is 0.258 e. The maximum Gasteiger partial charge on any atom is 0.258 e. The lowest BCUT2D eigenvalue weighted by Gasteiger charge is -2.23. The number of amides is 1. The minimum absolute atomic E-state index is 0.00653. The molecule has 1 amide bonds. The Kier molecular flexibility index (Phi) is 6.06. The number of hydrogen-bond acceptors (Lipinski definition) is 1. The maximum absolute atomic E-state index is 12.8. The first-order chi connectivity index (χ1) is 10.1. The number of benzene rings is 2. The Hall–Kier alpha value is -1.07. The van der Waals surface area contributed by atoms with E-state index in [2.05, 4.69) is 29.5 Å². The number of carbonyl (C=O) groups is 1. The molecule has 0 saturated carbocycles. The van der Waals surface area contributed by atoms with Crippen LogP contribution in [0.1, 0.15) is 30.1 Å². The van der Waals surface area contributed by atoms with Crippen molar-refractivity contribution < 1.29 is 4.79 Å². The summed E-state index contributed by atoms with van der Waals surface area (Å²) in [6.07, 6.45) is 2.02. The lowest BCUT2D eigenvalue weighted by atomic mass is 10.1. The largest absolute Gasteiger partial charge is 0.308 e. The molecule has 2 nitrogen and oxygen atoms in total. The van der Waals surface area contributed by atoms with Crippen LogP contribution in [-0.2, 0) is 0 Å². The highest BCUT2D eigenvalue weighted by molar-refractivity contribution is 14.1. The average Bonchev–Trinajstić information content (AvgIpc) is 2.51. The number of para-hydroxylation sites is 1. The van der Waals surface area contributed by atoms with Gasteiger partial charge in [-0.2, -0.15) is 0 Å². The van der Waals surface area contributed by atoms with Gasteiger partial charge in [0.25, 0.3) is 5.91 Å². The van der Waals surface area contributed by atoms with E-state index in [1.54, 1.807) is 6.07 Å². The van der Waals surface area contributed by atoms with E-state index < -0.39 is 0 Å². The lowest BCUT2D eigenvalue weighted by molar-refractivity contribution is 0.0986. The van der Waals surface area contributed by atoms with Gasteiger partial charge in [0, 0.05) is 21.4 Å². The molecule has 2 aromatic carbocycles. The lowest BCUT2D eigenvalue weighted by Crippen LogP contribution is -2.31. The van der Waals surface area contributed by atoms with Crippen molar-refractivity contribution in [1.82, 2.24) is 0 Å². The van der Waals surface area contributed by atoms with Crippen molar-refractivity contribution in [3.8, 4) is 0 Å². The van der Waals surface area contributed by atoms with Gasteiger partial charge in [0.05, 0.1) is 5.02 Å². The second kappa shape index (κ2) is 7.80. The van der Waals surface area contributed by atoms with E-state index in [0.717, 1.165) is 22.1 Å². The Labute approximate surface area is 144 Å². The van der Waals surface area contributed by atoms with Crippen molar-refractivity contribution >= 4 is 45.8 Å². The quantitative estimate of drug-likeness (QED) is 0.602. The minimum Gasteiger partial charge on any atom is -0.308 e. The van der Waals surface area contributed by atoms with Gasteiger partial charge >= 0.3 is 0 Å². The first kappa shape index (κ1) is 16.3. The Morgan fingerprint density at radius 1 is 1.19 bits per heavy atom. The van der Waals surface area contributed by atoms with Crippen LogP contribution in [0.3, 0.4) is 0 Å². The van der Waals surface area contributed by atoms with Gasteiger partial charge in [-0.05, 0) is 59.3 Å². The van der Waals surface area contributed by atoms with E-state index >= 15 is 0 Å². The van der Waals surface area contributed by atoms with Crippen LogP contribution in [0.4, 0.5) is 5.69 Å². The monoisotopic (exact) mass is 413 g/mol. The van der Waals surface area contributed by atoms with Crippen molar-refractivity contribution in [3.63, 3.8) is 0 Å². The highest BCUT2D eigenvalue weighted by atomic mass is 127. The standard InChI is InChI=1S/C17H17ClINO/c1-2-3-11-20(14-7-5-4-6-8-14)17(21)13-9-10-16(19)15(18)12-13/h4-10,12H,2-3,11H2,1H3. The fourth-order valence-corrected chi connectivity index (χ4v) is 2.57. The molecular weight excluding hydrogens is 397 g/mol. The number of hydrogen-bond donors (Lipinski definition) is 0. The topological polar surface area (TPSA) is 20.3 Å². The molecule has 110 valence electrons. The molecule has 0 unspecified atom stereocenters. The molecular formula is C17H17ClINO. The molecule has 0 aliphatic rings. The third-order valence-corrected chi connectivity index (χ3v) is 4.79. The summed E-state index contributed by atoms with van der Waals surface area (Å²) < 4.78 is 0.950. The van der Waals surface area contributed by atoms with Gasteiger partial charge in [-0.3, -0.25) is 4.79 Å². The summed E-state index contributed by atoms with van der Waals surface area (Å²) in [6, 6.07) is 15.2. The number of carbonyl (C=O) groups excluding carboxylic acids is 1. The minimum atomic E-state index is -0.00653. The van der Waals surface area contributed by atoms with Crippen LogP contribution < -0.4 is 4.90 Å². The van der Waals surface area contributed by atoms with Gasteiger partial charge < -0.3 is 4.90 Å². The Morgan fingerprint density at radius 2 is 1.90 bits per heavy atom. The molecule has 2 aromatic rings. The van der Waals surface area contributed by atoms with Crippen molar-refractivity contribution in [2.75, 3.05) is 11.4 Å². The third kappa shape index (κ3) is 4.20. The van der Waals surface area contributed by atoms with Crippen LogP contribution in [0.15, 0.2) is 48.5 Å².